The van der Waals surface area contributed by atoms with E-state index in [1.807, 2.05) is 6.07 Å². The molecular weight excluding hydrogens is 409 g/mol. The van der Waals surface area contributed by atoms with Crippen molar-refractivity contribution in [3.05, 3.63) is 69.9 Å². The Kier molecular flexibility index (Phi) is 4.97. The zero-order valence-electron chi connectivity index (χ0n) is 17.9. The van der Waals surface area contributed by atoms with Crippen molar-refractivity contribution in [2.45, 2.75) is 32.2 Å². The van der Waals surface area contributed by atoms with Crippen molar-refractivity contribution in [2.75, 3.05) is 18.5 Å². The van der Waals surface area contributed by atoms with Gasteiger partial charge in [0.15, 0.2) is 5.65 Å². The van der Waals surface area contributed by atoms with E-state index >= 15 is 0 Å². The predicted molar refractivity (Wildman–Crippen MR) is 121 cm³/mol. The van der Waals surface area contributed by atoms with Crippen molar-refractivity contribution in [1.82, 2.24) is 30.0 Å². The van der Waals surface area contributed by atoms with Gasteiger partial charge in [-0.3, -0.25) is 19.3 Å². The summed E-state index contributed by atoms with van der Waals surface area (Å²) in [4.78, 5) is 25.7. The maximum atomic E-state index is 13.5. The molecule has 0 fully saturated rings. The summed E-state index contributed by atoms with van der Waals surface area (Å²) in [6.45, 7) is 4.87. The van der Waals surface area contributed by atoms with Crippen molar-refractivity contribution < 1.29 is 4.39 Å². The van der Waals surface area contributed by atoms with Gasteiger partial charge in [-0.25, -0.2) is 9.67 Å². The molecule has 32 heavy (non-hydrogen) atoms. The second kappa shape index (κ2) is 7.83. The molecular formula is C23H24FN7O. The van der Waals surface area contributed by atoms with Gasteiger partial charge < -0.3 is 10.6 Å². The van der Waals surface area contributed by atoms with E-state index in [-0.39, 0.29) is 5.56 Å². The maximum Gasteiger partial charge on any atom is 0.275 e. The molecule has 4 heterocycles. The van der Waals surface area contributed by atoms with Gasteiger partial charge in [0.1, 0.15) is 12.1 Å². The van der Waals surface area contributed by atoms with Crippen LogP contribution in [0.3, 0.4) is 0 Å². The van der Waals surface area contributed by atoms with Crippen molar-refractivity contribution in [1.29, 1.82) is 0 Å². The van der Waals surface area contributed by atoms with Crippen molar-refractivity contribution in [3.63, 3.8) is 0 Å². The number of nitrogens with zero attached hydrogens (tertiary/aromatic N) is 4. The average molecular weight is 433 g/mol. The molecule has 5 rings (SSSR count). The van der Waals surface area contributed by atoms with Crippen LogP contribution < -0.4 is 16.2 Å². The molecule has 0 amide bonds. The lowest BCUT2D eigenvalue weighted by atomic mass is 9.90. The molecule has 0 unspecified atom stereocenters. The maximum absolute atomic E-state index is 13.5. The molecule has 8 nitrogen and oxygen atoms in total. The average Bonchev–Trinajstić information content (AvgIpc) is 3.15. The summed E-state index contributed by atoms with van der Waals surface area (Å²) in [6.07, 6.45) is 4.09. The molecule has 0 saturated heterocycles. The summed E-state index contributed by atoms with van der Waals surface area (Å²) >= 11 is 0. The molecule has 1 aliphatic heterocycles. The van der Waals surface area contributed by atoms with Gasteiger partial charge >= 0.3 is 0 Å². The Morgan fingerprint density at radius 1 is 1.19 bits per heavy atom. The third kappa shape index (κ3) is 3.64. The summed E-state index contributed by atoms with van der Waals surface area (Å²) in [5.41, 5.74) is 4.13. The first-order valence-corrected chi connectivity index (χ1v) is 10.5. The molecule has 1 aromatic carbocycles. The van der Waals surface area contributed by atoms with E-state index in [9.17, 15) is 9.18 Å². The highest BCUT2D eigenvalue weighted by atomic mass is 19.1. The molecule has 0 radical (unpaired) electrons. The van der Waals surface area contributed by atoms with Gasteiger partial charge in [0.2, 0.25) is 5.95 Å². The Labute approximate surface area is 183 Å². The topological polar surface area (TPSA) is 101 Å². The van der Waals surface area contributed by atoms with Gasteiger partial charge in [-0.05, 0) is 48.4 Å². The molecule has 1 aliphatic rings. The fourth-order valence-corrected chi connectivity index (χ4v) is 3.85. The third-order valence-corrected chi connectivity index (χ3v) is 5.82. The van der Waals surface area contributed by atoms with Crippen LogP contribution in [0.25, 0.3) is 16.7 Å². The fourth-order valence-electron chi connectivity index (χ4n) is 3.85. The predicted octanol–water partition coefficient (Wildman–Crippen LogP) is 3.14. The lowest BCUT2D eigenvalue weighted by molar-refractivity contribution is 0.344. The van der Waals surface area contributed by atoms with E-state index in [2.05, 4.69) is 42.8 Å². The van der Waals surface area contributed by atoms with Crippen molar-refractivity contribution >= 4 is 22.7 Å². The highest BCUT2D eigenvalue weighted by Crippen LogP contribution is 2.25. The van der Waals surface area contributed by atoms with Gasteiger partial charge in [0.25, 0.3) is 5.56 Å². The number of benzene rings is 1. The molecule has 0 atom stereocenters. The largest absolute Gasteiger partial charge is 0.324 e. The van der Waals surface area contributed by atoms with Crippen LogP contribution in [0.5, 0.6) is 0 Å². The van der Waals surface area contributed by atoms with Gasteiger partial charge in [-0.1, -0.05) is 19.9 Å². The van der Waals surface area contributed by atoms with Gasteiger partial charge in [0.05, 0.1) is 11.4 Å². The monoisotopic (exact) mass is 433 g/mol. The van der Waals surface area contributed by atoms with Crippen LogP contribution in [0.1, 0.15) is 30.7 Å². The van der Waals surface area contributed by atoms with E-state index in [1.165, 1.54) is 17.3 Å². The Balaban J connectivity index is 1.53. The lowest BCUT2D eigenvalue weighted by Gasteiger charge is -2.20. The van der Waals surface area contributed by atoms with Gasteiger partial charge in [0, 0.05) is 30.0 Å². The molecule has 4 aromatic rings. The first-order valence-electron chi connectivity index (χ1n) is 10.5. The number of hydrogen-bond donors (Lipinski definition) is 3. The Morgan fingerprint density at radius 3 is 2.91 bits per heavy atom. The number of aromatic nitrogens is 5. The molecule has 3 N–H and O–H groups in total. The number of H-pyrrole nitrogens is 1. The van der Waals surface area contributed by atoms with Crippen LogP contribution in [-0.4, -0.2) is 38.0 Å². The van der Waals surface area contributed by atoms with E-state index in [0.29, 0.717) is 28.4 Å². The Morgan fingerprint density at radius 2 is 2.06 bits per heavy atom. The number of halogens is 1. The smallest absolute Gasteiger partial charge is 0.275 e. The number of nitrogens with one attached hydrogen (secondary N) is 3. The number of fused-ring (bicyclic) bond motifs is 2. The number of anilines is 2. The van der Waals surface area contributed by atoms with Crippen LogP contribution in [0.4, 0.5) is 16.0 Å². The zero-order chi connectivity index (χ0) is 22.3. The summed E-state index contributed by atoms with van der Waals surface area (Å²) in [7, 11) is 0. The fraction of sp³-hybridized carbons (Fsp3) is 0.304. The van der Waals surface area contributed by atoms with Gasteiger partial charge in [-0.2, -0.15) is 4.98 Å². The molecule has 0 aliphatic carbocycles. The standard InChI is InChI=1S/C23H24FN7O/c1-23(2,13-24)19-10-17(6-8-26-19)31-20-18(21(32)30-31)12-27-22(29-20)28-16-4-3-15-11-25-7-5-14(15)9-16/h3-4,6,8-10,12,25H,5,7,11,13H2,1-2H3,(H,30,32)(H,27,28,29). The molecule has 0 saturated carbocycles. The van der Waals surface area contributed by atoms with E-state index in [4.69, 9.17) is 0 Å². The highest BCUT2D eigenvalue weighted by molar-refractivity contribution is 5.77. The quantitative estimate of drug-likeness (QED) is 0.447. The molecule has 3 aromatic heterocycles. The lowest BCUT2D eigenvalue weighted by Crippen LogP contribution is -2.23. The number of rotatable bonds is 5. The first kappa shape index (κ1) is 20.3. The van der Waals surface area contributed by atoms with Crippen LogP contribution in [0.2, 0.25) is 0 Å². The van der Waals surface area contributed by atoms with Crippen LogP contribution in [0.15, 0.2) is 47.5 Å². The minimum atomic E-state index is -0.733. The second-order valence-electron chi connectivity index (χ2n) is 8.66. The number of hydrogen-bond acceptors (Lipinski definition) is 6. The van der Waals surface area contributed by atoms with E-state index < -0.39 is 12.1 Å². The normalized spacial score (nSPS) is 13.8. The number of aromatic amines is 1. The van der Waals surface area contributed by atoms with Crippen LogP contribution >= 0.6 is 0 Å². The zero-order valence-corrected chi connectivity index (χ0v) is 17.9. The Hall–Kier alpha value is -3.59. The van der Waals surface area contributed by atoms with Gasteiger partial charge in [-0.15, -0.1) is 0 Å². The minimum Gasteiger partial charge on any atom is -0.324 e. The minimum absolute atomic E-state index is 0.295. The second-order valence-corrected chi connectivity index (χ2v) is 8.66. The number of pyridine rings is 1. The molecule has 0 bridgehead atoms. The number of alkyl halides is 1. The SMILES string of the molecule is CC(C)(CF)c1cc(-n2[nH]c(=O)c3cnc(Nc4ccc5c(c4)CCNC5)nc32)ccn1. The first-order chi connectivity index (χ1) is 15.4. The summed E-state index contributed by atoms with van der Waals surface area (Å²) < 4.78 is 15.1. The van der Waals surface area contributed by atoms with Crippen molar-refractivity contribution in [2.24, 2.45) is 0 Å². The van der Waals surface area contributed by atoms with E-state index in [0.717, 1.165) is 25.2 Å². The Bertz CT molecular complexity index is 1360. The molecule has 0 spiro atoms. The summed E-state index contributed by atoms with van der Waals surface area (Å²) in [5.74, 6) is 0.387. The van der Waals surface area contributed by atoms with Crippen LogP contribution in [0, 0.1) is 0 Å². The van der Waals surface area contributed by atoms with E-state index in [1.54, 1.807) is 36.9 Å². The molecule has 9 heteroatoms. The highest BCUT2D eigenvalue weighted by Gasteiger charge is 2.23. The third-order valence-electron chi connectivity index (χ3n) is 5.82. The molecule has 164 valence electrons. The summed E-state index contributed by atoms with van der Waals surface area (Å²) in [5, 5.41) is 9.78. The van der Waals surface area contributed by atoms with Crippen molar-refractivity contribution in [3.8, 4) is 5.69 Å². The van der Waals surface area contributed by atoms with Crippen LogP contribution in [-0.2, 0) is 18.4 Å². The summed E-state index contributed by atoms with van der Waals surface area (Å²) in [6, 6.07) is 9.72.